The van der Waals surface area contributed by atoms with E-state index in [-0.39, 0.29) is 5.91 Å². The van der Waals surface area contributed by atoms with E-state index in [1.54, 1.807) is 7.05 Å². The molecular weight excluding hydrogens is 248 g/mol. The molecule has 2 rings (SSSR count). The fraction of sp³-hybridized carbons (Fsp3) is 0.357. The number of nitrogens with zero attached hydrogens (tertiary/aromatic N) is 1. The predicted molar refractivity (Wildman–Crippen MR) is 75.5 cm³/mol. The maximum Gasteiger partial charge on any atom is 0.267 e. The Morgan fingerprint density at radius 3 is 2.61 bits per heavy atom. The molecule has 96 valence electrons. The van der Waals surface area contributed by atoms with Crippen LogP contribution in [0.2, 0.25) is 5.02 Å². The monoisotopic (exact) mass is 264 g/mol. The van der Waals surface area contributed by atoms with Crippen molar-refractivity contribution < 1.29 is 4.79 Å². The van der Waals surface area contributed by atoms with E-state index >= 15 is 0 Å². The van der Waals surface area contributed by atoms with Crippen LogP contribution in [-0.2, 0) is 6.54 Å². The summed E-state index contributed by atoms with van der Waals surface area (Å²) in [6, 6.07) is 3.86. The van der Waals surface area contributed by atoms with Gasteiger partial charge in [0.1, 0.15) is 5.69 Å². The Morgan fingerprint density at radius 1 is 1.39 bits per heavy atom. The molecule has 0 fully saturated rings. The molecule has 0 radical (unpaired) electrons. The van der Waals surface area contributed by atoms with E-state index < -0.39 is 0 Å². The molecule has 3 nitrogen and oxygen atoms in total. The molecule has 0 unspecified atom stereocenters. The Morgan fingerprint density at radius 2 is 2.06 bits per heavy atom. The number of halogens is 1. The highest BCUT2D eigenvalue weighted by Gasteiger charge is 2.19. The largest absolute Gasteiger partial charge is 0.354 e. The number of rotatable bonds is 2. The van der Waals surface area contributed by atoms with E-state index in [4.69, 9.17) is 11.6 Å². The number of aromatic nitrogens is 1. The molecule has 1 heterocycles. The lowest BCUT2D eigenvalue weighted by molar-refractivity contribution is 0.0954. The molecule has 1 N–H and O–H groups in total. The van der Waals surface area contributed by atoms with Gasteiger partial charge in [-0.15, -0.1) is 0 Å². The Balaban J connectivity index is 2.92. The van der Waals surface area contributed by atoms with Crippen molar-refractivity contribution in [2.24, 2.45) is 0 Å². The third kappa shape index (κ3) is 1.79. The van der Waals surface area contributed by atoms with Crippen LogP contribution >= 0.6 is 11.6 Å². The van der Waals surface area contributed by atoms with Crippen LogP contribution in [0.3, 0.4) is 0 Å². The first-order valence-corrected chi connectivity index (χ1v) is 6.40. The Bertz CT molecular complexity index is 628. The van der Waals surface area contributed by atoms with Gasteiger partial charge in [0.25, 0.3) is 5.91 Å². The first kappa shape index (κ1) is 13.0. The SMILES string of the molecule is CCn1c(C(=O)NC)c(C)c2cc(Cl)cc(C)c21. The Kier molecular flexibility index (Phi) is 3.35. The summed E-state index contributed by atoms with van der Waals surface area (Å²) in [5.41, 5.74) is 3.90. The number of carbonyl (C=O) groups excluding carboxylic acids is 1. The zero-order chi connectivity index (χ0) is 13.4. The lowest BCUT2D eigenvalue weighted by Gasteiger charge is -2.08. The number of hydrogen-bond donors (Lipinski definition) is 1. The highest BCUT2D eigenvalue weighted by Crippen LogP contribution is 2.31. The molecule has 0 bridgehead atoms. The molecule has 0 aliphatic rings. The summed E-state index contributed by atoms with van der Waals surface area (Å²) in [7, 11) is 1.65. The summed E-state index contributed by atoms with van der Waals surface area (Å²) in [6.45, 7) is 6.79. The zero-order valence-corrected chi connectivity index (χ0v) is 11.9. The number of amides is 1. The number of nitrogens with one attached hydrogen (secondary N) is 1. The number of fused-ring (bicyclic) bond motifs is 1. The van der Waals surface area contributed by atoms with Crippen molar-refractivity contribution in [2.75, 3.05) is 7.05 Å². The van der Waals surface area contributed by atoms with Gasteiger partial charge in [0, 0.05) is 24.0 Å². The van der Waals surface area contributed by atoms with Gasteiger partial charge in [-0.25, -0.2) is 0 Å². The van der Waals surface area contributed by atoms with Gasteiger partial charge in [0.15, 0.2) is 0 Å². The molecule has 0 spiro atoms. The molecule has 0 aliphatic carbocycles. The highest BCUT2D eigenvalue weighted by molar-refractivity contribution is 6.31. The van der Waals surface area contributed by atoms with Gasteiger partial charge in [-0.1, -0.05) is 11.6 Å². The van der Waals surface area contributed by atoms with Gasteiger partial charge in [-0.2, -0.15) is 0 Å². The van der Waals surface area contributed by atoms with Crippen LogP contribution in [0.4, 0.5) is 0 Å². The van der Waals surface area contributed by atoms with E-state index in [1.165, 1.54) is 0 Å². The van der Waals surface area contributed by atoms with E-state index in [0.29, 0.717) is 5.02 Å². The number of aryl methyl sites for hydroxylation is 3. The van der Waals surface area contributed by atoms with Crippen LogP contribution in [0.1, 0.15) is 28.5 Å². The van der Waals surface area contributed by atoms with Crippen molar-refractivity contribution in [1.82, 2.24) is 9.88 Å². The average molecular weight is 265 g/mol. The summed E-state index contributed by atoms with van der Waals surface area (Å²) in [5, 5.41) is 4.46. The summed E-state index contributed by atoms with van der Waals surface area (Å²) in [5.74, 6) is -0.0546. The van der Waals surface area contributed by atoms with Gasteiger partial charge in [0.2, 0.25) is 0 Å². The lowest BCUT2D eigenvalue weighted by atomic mass is 10.1. The van der Waals surface area contributed by atoms with Crippen molar-refractivity contribution >= 4 is 28.4 Å². The molecule has 0 saturated heterocycles. The fourth-order valence-corrected chi connectivity index (χ4v) is 2.82. The fourth-order valence-electron chi connectivity index (χ4n) is 2.55. The molecular formula is C14H17ClN2O. The standard InChI is InChI=1S/C14H17ClN2O/c1-5-17-12-8(2)6-10(15)7-11(12)9(3)13(17)14(18)16-4/h6-7H,5H2,1-4H3,(H,16,18). The quantitative estimate of drug-likeness (QED) is 0.887. The topological polar surface area (TPSA) is 34.0 Å². The Labute approximate surface area is 112 Å². The predicted octanol–water partition coefficient (Wildman–Crippen LogP) is 3.29. The number of hydrogen-bond acceptors (Lipinski definition) is 1. The van der Waals surface area contributed by atoms with Gasteiger partial charge in [0.05, 0.1) is 5.52 Å². The third-order valence-corrected chi connectivity index (χ3v) is 3.54. The number of benzene rings is 1. The van der Waals surface area contributed by atoms with Gasteiger partial charge < -0.3 is 9.88 Å². The van der Waals surface area contributed by atoms with E-state index in [0.717, 1.165) is 34.3 Å². The summed E-state index contributed by atoms with van der Waals surface area (Å²) < 4.78 is 2.05. The molecule has 0 atom stereocenters. The molecule has 4 heteroatoms. The Hall–Kier alpha value is -1.48. The van der Waals surface area contributed by atoms with E-state index in [2.05, 4.69) is 9.88 Å². The third-order valence-electron chi connectivity index (χ3n) is 3.32. The highest BCUT2D eigenvalue weighted by atomic mass is 35.5. The van der Waals surface area contributed by atoms with Gasteiger partial charge in [-0.05, 0) is 44.0 Å². The maximum absolute atomic E-state index is 12.0. The van der Waals surface area contributed by atoms with Crippen molar-refractivity contribution in [3.05, 3.63) is 34.0 Å². The van der Waals surface area contributed by atoms with Crippen LogP contribution in [-0.4, -0.2) is 17.5 Å². The molecule has 0 aliphatic heterocycles. The number of carbonyl (C=O) groups is 1. The summed E-state index contributed by atoms with van der Waals surface area (Å²) in [4.78, 5) is 12.0. The molecule has 1 aromatic heterocycles. The minimum Gasteiger partial charge on any atom is -0.354 e. The maximum atomic E-state index is 12.0. The van der Waals surface area contributed by atoms with E-state index in [9.17, 15) is 4.79 Å². The minimum absolute atomic E-state index is 0.0546. The zero-order valence-electron chi connectivity index (χ0n) is 11.1. The van der Waals surface area contributed by atoms with Crippen LogP contribution in [0.5, 0.6) is 0 Å². The van der Waals surface area contributed by atoms with Gasteiger partial charge in [-0.3, -0.25) is 4.79 Å². The second-order valence-electron chi connectivity index (χ2n) is 4.42. The average Bonchev–Trinajstić information content (AvgIpc) is 2.61. The smallest absolute Gasteiger partial charge is 0.267 e. The molecule has 1 aromatic carbocycles. The van der Waals surface area contributed by atoms with Gasteiger partial charge >= 0.3 is 0 Å². The lowest BCUT2D eigenvalue weighted by Crippen LogP contribution is -2.22. The minimum atomic E-state index is -0.0546. The molecule has 18 heavy (non-hydrogen) atoms. The van der Waals surface area contributed by atoms with Crippen molar-refractivity contribution in [1.29, 1.82) is 0 Å². The second kappa shape index (κ2) is 4.65. The van der Waals surface area contributed by atoms with Crippen molar-refractivity contribution in [3.8, 4) is 0 Å². The second-order valence-corrected chi connectivity index (χ2v) is 4.85. The van der Waals surface area contributed by atoms with Crippen LogP contribution in [0.15, 0.2) is 12.1 Å². The van der Waals surface area contributed by atoms with E-state index in [1.807, 2.05) is 32.9 Å². The molecule has 0 saturated carbocycles. The molecule has 1 amide bonds. The summed E-state index contributed by atoms with van der Waals surface area (Å²) >= 11 is 6.10. The molecule has 2 aromatic rings. The van der Waals surface area contributed by atoms with Crippen LogP contribution in [0, 0.1) is 13.8 Å². The van der Waals surface area contributed by atoms with Crippen LogP contribution < -0.4 is 5.32 Å². The van der Waals surface area contributed by atoms with Crippen molar-refractivity contribution in [3.63, 3.8) is 0 Å². The normalized spacial score (nSPS) is 10.9. The first-order valence-electron chi connectivity index (χ1n) is 6.02. The van der Waals surface area contributed by atoms with Crippen molar-refractivity contribution in [2.45, 2.75) is 27.3 Å². The van der Waals surface area contributed by atoms with Crippen LogP contribution in [0.25, 0.3) is 10.9 Å². The first-order chi connectivity index (χ1) is 8.51. The summed E-state index contributed by atoms with van der Waals surface area (Å²) in [6.07, 6.45) is 0.